The Kier molecular flexibility index (Phi) is 7.53. The van der Waals surface area contributed by atoms with Crippen LogP contribution < -0.4 is 5.32 Å². The number of carbonyl (C=O) groups is 1. The van der Waals surface area contributed by atoms with Gasteiger partial charge in [0.1, 0.15) is 11.6 Å². The van der Waals surface area contributed by atoms with E-state index in [2.05, 4.69) is 5.32 Å². The van der Waals surface area contributed by atoms with Crippen LogP contribution in [0.15, 0.2) is 48.5 Å². The van der Waals surface area contributed by atoms with Gasteiger partial charge in [0.2, 0.25) is 0 Å². The van der Waals surface area contributed by atoms with E-state index in [9.17, 15) is 13.6 Å². The van der Waals surface area contributed by atoms with Crippen molar-refractivity contribution >= 4 is 6.03 Å². The van der Waals surface area contributed by atoms with Gasteiger partial charge in [0.15, 0.2) is 0 Å². The van der Waals surface area contributed by atoms with E-state index in [1.54, 1.807) is 19.1 Å². The second-order valence-electron chi connectivity index (χ2n) is 6.13. The Labute approximate surface area is 152 Å². The molecule has 0 saturated heterocycles. The van der Waals surface area contributed by atoms with E-state index in [0.717, 1.165) is 11.6 Å². The molecule has 0 fully saturated rings. The zero-order valence-corrected chi connectivity index (χ0v) is 15.0. The fourth-order valence-corrected chi connectivity index (χ4v) is 2.71. The lowest BCUT2D eigenvalue weighted by atomic mass is 10.1. The summed E-state index contributed by atoms with van der Waals surface area (Å²) in [5.41, 5.74) is 1.48. The molecule has 0 radical (unpaired) electrons. The molecule has 2 amide bonds. The molecule has 0 aromatic heterocycles. The minimum Gasteiger partial charge on any atom is -0.383 e. The van der Waals surface area contributed by atoms with Gasteiger partial charge in [-0.1, -0.05) is 36.4 Å². The molecule has 140 valence electrons. The number of carbonyl (C=O) groups excluding carboxylic acids is 1. The Morgan fingerprint density at radius 3 is 2.58 bits per heavy atom. The van der Waals surface area contributed by atoms with Crippen molar-refractivity contribution in [2.45, 2.75) is 18.9 Å². The van der Waals surface area contributed by atoms with E-state index in [0.29, 0.717) is 25.0 Å². The van der Waals surface area contributed by atoms with Crippen LogP contribution in [0.3, 0.4) is 0 Å². The zero-order chi connectivity index (χ0) is 18.9. The van der Waals surface area contributed by atoms with Crippen molar-refractivity contribution in [2.75, 3.05) is 27.3 Å². The molecule has 0 aliphatic heterocycles. The first-order valence-electron chi connectivity index (χ1n) is 8.48. The Balaban J connectivity index is 1.89. The van der Waals surface area contributed by atoms with Crippen LogP contribution in [0.2, 0.25) is 0 Å². The van der Waals surface area contributed by atoms with E-state index in [4.69, 9.17) is 4.74 Å². The molecule has 26 heavy (non-hydrogen) atoms. The van der Waals surface area contributed by atoms with Crippen molar-refractivity contribution in [1.29, 1.82) is 0 Å². The Hall–Kier alpha value is -2.47. The highest BCUT2D eigenvalue weighted by Gasteiger charge is 2.20. The largest absolute Gasteiger partial charge is 0.383 e. The molecule has 1 atom stereocenters. The first-order chi connectivity index (χ1) is 12.5. The molecule has 0 spiro atoms. The van der Waals surface area contributed by atoms with Crippen LogP contribution in [0.4, 0.5) is 13.6 Å². The molecule has 0 aliphatic carbocycles. The normalized spacial score (nSPS) is 11.8. The van der Waals surface area contributed by atoms with Gasteiger partial charge in [-0.2, -0.15) is 0 Å². The van der Waals surface area contributed by atoms with E-state index >= 15 is 0 Å². The molecule has 0 unspecified atom stereocenters. The molecule has 1 N–H and O–H groups in total. The van der Waals surface area contributed by atoms with E-state index < -0.39 is 11.6 Å². The fraction of sp³-hybridized carbons (Fsp3) is 0.350. The van der Waals surface area contributed by atoms with Crippen molar-refractivity contribution in [3.8, 4) is 0 Å². The number of benzene rings is 2. The maximum absolute atomic E-state index is 13.6. The summed E-state index contributed by atoms with van der Waals surface area (Å²) in [6.07, 6.45) is 0.963. The molecule has 0 aliphatic rings. The number of hydrogen-bond acceptors (Lipinski definition) is 2. The van der Waals surface area contributed by atoms with E-state index in [1.807, 2.05) is 30.3 Å². The van der Waals surface area contributed by atoms with E-state index in [-0.39, 0.29) is 18.6 Å². The quantitative estimate of drug-likeness (QED) is 0.782. The Morgan fingerprint density at radius 2 is 1.92 bits per heavy atom. The molecule has 4 nitrogen and oxygen atoms in total. The van der Waals surface area contributed by atoms with Gasteiger partial charge in [-0.3, -0.25) is 0 Å². The lowest BCUT2D eigenvalue weighted by Gasteiger charge is -2.28. The minimum atomic E-state index is -0.613. The minimum absolute atomic E-state index is 0.120. The molecular formula is C20H24F2N2O2. The first-order valence-corrected chi connectivity index (χ1v) is 8.48. The molecule has 0 saturated carbocycles. The predicted molar refractivity (Wildman–Crippen MR) is 97.0 cm³/mol. The molecule has 0 bridgehead atoms. The number of methoxy groups -OCH3 is 1. The number of hydrogen-bond donors (Lipinski definition) is 1. The highest BCUT2D eigenvalue weighted by molar-refractivity contribution is 5.74. The Morgan fingerprint density at radius 1 is 1.19 bits per heavy atom. The number of likely N-dealkylation sites (N-methyl/N-ethyl adjacent to an activating group) is 1. The van der Waals surface area contributed by atoms with Crippen molar-refractivity contribution < 1.29 is 18.3 Å². The molecule has 0 heterocycles. The smallest absolute Gasteiger partial charge is 0.317 e. The van der Waals surface area contributed by atoms with Crippen molar-refractivity contribution in [1.82, 2.24) is 10.2 Å². The van der Waals surface area contributed by atoms with Crippen molar-refractivity contribution in [3.05, 3.63) is 71.3 Å². The van der Waals surface area contributed by atoms with Crippen molar-refractivity contribution in [3.63, 3.8) is 0 Å². The predicted octanol–water partition coefficient (Wildman–Crippen LogP) is 3.41. The van der Waals surface area contributed by atoms with Gasteiger partial charge < -0.3 is 15.0 Å². The van der Waals surface area contributed by atoms with Gasteiger partial charge in [-0.15, -0.1) is 0 Å². The SMILES string of the molecule is COC[C@@H](Cc1ccccc1)N(C)C(=O)NCCc1ccc(F)cc1F. The topological polar surface area (TPSA) is 41.6 Å². The van der Waals surface area contributed by atoms with Gasteiger partial charge in [-0.25, -0.2) is 13.6 Å². The lowest BCUT2D eigenvalue weighted by Crippen LogP contribution is -2.47. The van der Waals surface area contributed by atoms with Crippen LogP contribution >= 0.6 is 0 Å². The van der Waals surface area contributed by atoms with Crippen LogP contribution in [-0.4, -0.2) is 44.3 Å². The van der Waals surface area contributed by atoms with Gasteiger partial charge in [0.25, 0.3) is 0 Å². The highest BCUT2D eigenvalue weighted by atomic mass is 19.1. The van der Waals surface area contributed by atoms with Crippen molar-refractivity contribution in [2.24, 2.45) is 0 Å². The third-order valence-electron chi connectivity index (χ3n) is 4.23. The summed E-state index contributed by atoms with van der Waals surface area (Å²) < 4.78 is 31.8. The average Bonchev–Trinajstić information content (AvgIpc) is 2.63. The van der Waals surface area contributed by atoms with E-state index in [1.165, 1.54) is 12.1 Å². The molecule has 2 aromatic carbocycles. The van der Waals surface area contributed by atoms with Gasteiger partial charge in [0, 0.05) is 26.8 Å². The van der Waals surface area contributed by atoms with Gasteiger partial charge >= 0.3 is 6.03 Å². The molecule has 2 aromatic rings. The summed E-state index contributed by atoms with van der Waals surface area (Å²) in [4.78, 5) is 14.0. The zero-order valence-electron chi connectivity index (χ0n) is 15.0. The van der Waals surface area contributed by atoms with Gasteiger partial charge in [0.05, 0.1) is 12.6 Å². The standard InChI is InChI=1S/C20H24F2N2O2/c1-24(18(14-26-2)12-15-6-4-3-5-7-15)20(25)23-11-10-16-8-9-17(21)13-19(16)22/h3-9,13,18H,10-12,14H2,1-2H3,(H,23,25)/t18-/m1/s1. The lowest BCUT2D eigenvalue weighted by molar-refractivity contribution is 0.115. The highest BCUT2D eigenvalue weighted by Crippen LogP contribution is 2.11. The summed E-state index contributed by atoms with van der Waals surface area (Å²) in [5.74, 6) is -1.22. The second-order valence-corrected chi connectivity index (χ2v) is 6.13. The van der Waals surface area contributed by atoms with Crippen LogP contribution in [0.5, 0.6) is 0 Å². The number of amides is 2. The second kappa shape index (κ2) is 9.87. The molecule has 6 heteroatoms. The van der Waals surface area contributed by atoms with Crippen LogP contribution in [0, 0.1) is 11.6 Å². The summed E-state index contributed by atoms with van der Waals surface area (Å²) >= 11 is 0. The summed E-state index contributed by atoms with van der Waals surface area (Å²) in [6.45, 7) is 0.669. The first kappa shape index (κ1) is 19.8. The maximum atomic E-state index is 13.6. The summed E-state index contributed by atoms with van der Waals surface area (Å²) in [6, 6.07) is 12.9. The third kappa shape index (κ3) is 5.81. The number of nitrogens with zero attached hydrogens (tertiary/aromatic N) is 1. The van der Waals surface area contributed by atoms with Crippen LogP contribution in [0.1, 0.15) is 11.1 Å². The number of urea groups is 1. The maximum Gasteiger partial charge on any atom is 0.317 e. The molecular weight excluding hydrogens is 338 g/mol. The number of halogens is 2. The van der Waals surface area contributed by atoms with Crippen LogP contribution in [0.25, 0.3) is 0 Å². The van der Waals surface area contributed by atoms with Crippen LogP contribution in [-0.2, 0) is 17.6 Å². The fourth-order valence-electron chi connectivity index (χ4n) is 2.71. The van der Waals surface area contributed by atoms with Gasteiger partial charge in [-0.05, 0) is 30.0 Å². The molecule has 2 rings (SSSR count). The monoisotopic (exact) mass is 362 g/mol. The summed E-state index contributed by atoms with van der Waals surface area (Å²) in [5, 5.41) is 2.77. The Bertz CT molecular complexity index is 710. The number of ether oxygens (including phenoxy) is 1. The average molecular weight is 362 g/mol. The summed E-state index contributed by atoms with van der Waals surface area (Å²) in [7, 11) is 3.31. The number of rotatable bonds is 8. The third-order valence-corrected chi connectivity index (χ3v) is 4.23. The number of nitrogens with one attached hydrogen (secondary N) is 1.